The monoisotopic (exact) mass is 384 g/mol. The van der Waals surface area contributed by atoms with Crippen LogP contribution in [-0.2, 0) is 4.74 Å². The van der Waals surface area contributed by atoms with Crippen molar-refractivity contribution in [1.82, 2.24) is 15.0 Å². The Morgan fingerprint density at radius 1 is 0.931 bits per heavy atom. The number of hydrogen-bond acceptors (Lipinski definition) is 4. The first-order valence-electron chi connectivity index (χ1n) is 10.2. The van der Waals surface area contributed by atoms with Crippen molar-refractivity contribution in [3.05, 3.63) is 67.0 Å². The van der Waals surface area contributed by atoms with Crippen molar-refractivity contribution in [2.24, 2.45) is 0 Å². The number of nitrogens with zero attached hydrogens (tertiary/aromatic N) is 2. The molecule has 0 spiro atoms. The molecule has 1 aliphatic heterocycles. The summed E-state index contributed by atoms with van der Waals surface area (Å²) in [5.41, 5.74) is 5.30. The van der Waals surface area contributed by atoms with Crippen molar-refractivity contribution < 1.29 is 4.74 Å². The van der Waals surface area contributed by atoms with Gasteiger partial charge in [0.05, 0.1) is 17.2 Å². The summed E-state index contributed by atoms with van der Waals surface area (Å²) in [4.78, 5) is 12.7. The molecule has 0 saturated carbocycles. The molecule has 0 amide bonds. The number of hydrogen-bond donors (Lipinski definition) is 2. The molecule has 1 saturated heterocycles. The summed E-state index contributed by atoms with van der Waals surface area (Å²) in [6, 6.07) is 20.8. The fourth-order valence-corrected chi connectivity index (χ4v) is 4.05. The Bertz CT molecular complexity index is 1090. The number of anilines is 1. The predicted molar refractivity (Wildman–Crippen MR) is 117 cm³/mol. The number of benzene rings is 2. The standard InChI is InChI=1S/C24H24N4O/c1-3-9-17(10-4-1)20-21-23(25-15-19-13-7-8-14-29-19)26-16-27-24(21)28-22(20)18-11-5-2-6-12-18/h1-6,9-12,16,19H,7-8,13-15H2,(H2,25,26,27,28). The summed E-state index contributed by atoms with van der Waals surface area (Å²) < 4.78 is 5.89. The van der Waals surface area contributed by atoms with Crippen LogP contribution in [0.4, 0.5) is 5.82 Å². The fourth-order valence-electron chi connectivity index (χ4n) is 4.05. The number of rotatable bonds is 5. The van der Waals surface area contributed by atoms with Gasteiger partial charge in [-0.25, -0.2) is 9.97 Å². The summed E-state index contributed by atoms with van der Waals surface area (Å²) in [6.07, 6.45) is 5.33. The lowest BCUT2D eigenvalue weighted by Gasteiger charge is -2.23. The van der Waals surface area contributed by atoms with Crippen LogP contribution in [-0.4, -0.2) is 34.2 Å². The lowest BCUT2D eigenvalue weighted by atomic mass is 9.99. The van der Waals surface area contributed by atoms with Crippen LogP contribution < -0.4 is 5.32 Å². The molecule has 1 unspecified atom stereocenters. The Morgan fingerprint density at radius 3 is 2.41 bits per heavy atom. The Balaban J connectivity index is 1.62. The van der Waals surface area contributed by atoms with E-state index in [1.165, 1.54) is 6.42 Å². The molecule has 0 aliphatic carbocycles. The number of ether oxygens (including phenoxy) is 1. The number of fused-ring (bicyclic) bond motifs is 1. The van der Waals surface area contributed by atoms with E-state index in [0.717, 1.165) is 65.2 Å². The molecule has 1 aliphatic rings. The van der Waals surface area contributed by atoms with Gasteiger partial charge in [-0.3, -0.25) is 0 Å². The molecule has 5 rings (SSSR count). The average molecular weight is 384 g/mol. The number of aromatic amines is 1. The van der Waals surface area contributed by atoms with Crippen molar-refractivity contribution in [3.63, 3.8) is 0 Å². The van der Waals surface area contributed by atoms with E-state index >= 15 is 0 Å². The average Bonchev–Trinajstić information content (AvgIpc) is 3.20. The summed E-state index contributed by atoms with van der Waals surface area (Å²) in [5.74, 6) is 0.849. The molecule has 0 radical (unpaired) electrons. The van der Waals surface area contributed by atoms with Crippen molar-refractivity contribution in [1.29, 1.82) is 0 Å². The normalized spacial score (nSPS) is 16.8. The van der Waals surface area contributed by atoms with Crippen LogP contribution in [0.3, 0.4) is 0 Å². The zero-order valence-corrected chi connectivity index (χ0v) is 16.3. The molecule has 3 heterocycles. The van der Waals surface area contributed by atoms with Gasteiger partial charge in [-0.05, 0) is 30.4 Å². The first-order chi connectivity index (χ1) is 14.4. The molecule has 2 aromatic carbocycles. The second-order valence-corrected chi connectivity index (χ2v) is 7.42. The molecular formula is C24H24N4O. The molecule has 1 atom stereocenters. The van der Waals surface area contributed by atoms with Crippen LogP contribution in [0.2, 0.25) is 0 Å². The third-order valence-corrected chi connectivity index (χ3v) is 5.49. The highest BCUT2D eigenvalue weighted by molar-refractivity contribution is 6.07. The minimum Gasteiger partial charge on any atom is -0.376 e. The minimum absolute atomic E-state index is 0.237. The SMILES string of the molecule is c1ccc(-c2[nH]c3ncnc(NCC4CCCCO4)c3c2-c2ccccc2)cc1. The molecule has 29 heavy (non-hydrogen) atoms. The minimum atomic E-state index is 0.237. The molecular weight excluding hydrogens is 360 g/mol. The van der Waals surface area contributed by atoms with Gasteiger partial charge in [0.15, 0.2) is 0 Å². The largest absolute Gasteiger partial charge is 0.376 e. The van der Waals surface area contributed by atoms with Gasteiger partial charge < -0.3 is 15.0 Å². The second kappa shape index (κ2) is 8.05. The molecule has 2 N–H and O–H groups in total. The first-order valence-corrected chi connectivity index (χ1v) is 10.2. The Labute approximate surface area is 170 Å². The smallest absolute Gasteiger partial charge is 0.143 e. The van der Waals surface area contributed by atoms with E-state index in [2.05, 4.69) is 68.8 Å². The molecule has 4 aromatic rings. The van der Waals surface area contributed by atoms with E-state index in [4.69, 9.17) is 4.74 Å². The number of nitrogens with one attached hydrogen (secondary N) is 2. The zero-order valence-electron chi connectivity index (χ0n) is 16.3. The third-order valence-electron chi connectivity index (χ3n) is 5.49. The predicted octanol–water partition coefficient (Wildman–Crippen LogP) is 5.27. The Morgan fingerprint density at radius 2 is 1.69 bits per heavy atom. The summed E-state index contributed by atoms with van der Waals surface area (Å²) in [6.45, 7) is 1.61. The van der Waals surface area contributed by atoms with Crippen LogP contribution in [0.25, 0.3) is 33.4 Å². The fraction of sp³-hybridized carbons (Fsp3) is 0.250. The van der Waals surface area contributed by atoms with Crippen LogP contribution in [0.5, 0.6) is 0 Å². The van der Waals surface area contributed by atoms with Crippen LogP contribution in [0.15, 0.2) is 67.0 Å². The van der Waals surface area contributed by atoms with Gasteiger partial charge in [-0.2, -0.15) is 0 Å². The summed E-state index contributed by atoms with van der Waals surface area (Å²) in [7, 11) is 0. The van der Waals surface area contributed by atoms with E-state index < -0.39 is 0 Å². The lowest BCUT2D eigenvalue weighted by Crippen LogP contribution is -2.27. The van der Waals surface area contributed by atoms with Crippen molar-refractivity contribution in [2.75, 3.05) is 18.5 Å². The highest BCUT2D eigenvalue weighted by Crippen LogP contribution is 2.40. The van der Waals surface area contributed by atoms with Gasteiger partial charge in [0.2, 0.25) is 0 Å². The van der Waals surface area contributed by atoms with Gasteiger partial charge >= 0.3 is 0 Å². The maximum atomic E-state index is 5.89. The van der Waals surface area contributed by atoms with Crippen molar-refractivity contribution >= 4 is 16.9 Å². The van der Waals surface area contributed by atoms with E-state index in [9.17, 15) is 0 Å². The van der Waals surface area contributed by atoms with Crippen LogP contribution in [0.1, 0.15) is 19.3 Å². The molecule has 2 aromatic heterocycles. The Kier molecular flexibility index (Phi) is 4.97. The Hall–Kier alpha value is -3.18. The molecule has 0 bridgehead atoms. The topological polar surface area (TPSA) is 62.8 Å². The molecule has 5 heteroatoms. The second-order valence-electron chi connectivity index (χ2n) is 7.42. The molecule has 146 valence electrons. The lowest BCUT2D eigenvalue weighted by molar-refractivity contribution is 0.0247. The van der Waals surface area contributed by atoms with Crippen LogP contribution in [0, 0.1) is 0 Å². The van der Waals surface area contributed by atoms with E-state index in [1.54, 1.807) is 6.33 Å². The van der Waals surface area contributed by atoms with Crippen LogP contribution >= 0.6 is 0 Å². The van der Waals surface area contributed by atoms with Gasteiger partial charge in [-0.1, -0.05) is 60.7 Å². The molecule has 5 nitrogen and oxygen atoms in total. The van der Waals surface area contributed by atoms with Gasteiger partial charge in [0, 0.05) is 18.7 Å². The quantitative estimate of drug-likeness (QED) is 0.492. The van der Waals surface area contributed by atoms with Gasteiger partial charge in [0.1, 0.15) is 17.8 Å². The summed E-state index contributed by atoms with van der Waals surface area (Å²) in [5, 5.41) is 4.56. The highest BCUT2D eigenvalue weighted by Gasteiger charge is 2.20. The maximum absolute atomic E-state index is 5.89. The third kappa shape index (κ3) is 3.61. The number of aromatic nitrogens is 3. The molecule has 1 fully saturated rings. The van der Waals surface area contributed by atoms with Crippen molar-refractivity contribution in [3.8, 4) is 22.4 Å². The zero-order chi connectivity index (χ0) is 19.5. The summed E-state index contributed by atoms with van der Waals surface area (Å²) >= 11 is 0. The van der Waals surface area contributed by atoms with Crippen molar-refractivity contribution in [2.45, 2.75) is 25.4 Å². The highest BCUT2D eigenvalue weighted by atomic mass is 16.5. The van der Waals surface area contributed by atoms with E-state index in [-0.39, 0.29) is 6.10 Å². The van der Waals surface area contributed by atoms with Gasteiger partial charge in [0.25, 0.3) is 0 Å². The first kappa shape index (κ1) is 17.9. The van der Waals surface area contributed by atoms with E-state index in [1.807, 2.05) is 12.1 Å². The van der Waals surface area contributed by atoms with E-state index in [0.29, 0.717) is 0 Å². The van der Waals surface area contributed by atoms with Gasteiger partial charge in [-0.15, -0.1) is 0 Å². The maximum Gasteiger partial charge on any atom is 0.143 e. The number of H-pyrrole nitrogens is 1.